The molecule has 0 spiro atoms. The van der Waals surface area contributed by atoms with Crippen LogP contribution in [0, 0.1) is 5.92 Å². The molecule has 0 radical (unpaired) electrons. The van der Waals surface area contributed by atoms with Crippen molar-refractivity contribution in [3.05, 3.63) is 0 Å². The Morgan fingerprint density at radius 2 is 2.33 bits per heavy atom. The number of hydrogen-bond donors (Lipinski definition) is 0. The van der Waals surface area contributed by atoms with Gasteiger partial charge in [-0.15, -0.1) is 0 Å². The van der Waals surface area contributed by atoms with Gasteiger partial charge in [-0.3, -0.25) is 4.79 Å². The van der Waals surface area contributed by atoms with Crippen molar-refractivity contribution < 1.29 is 9.53 Å². The highest BCUT2D eigenvalue weighted by Crippen LogP contribution is 2.32. The second kappa shape index (κ2) is 4.97. The molecule has 3 nitrogen and oxygen atoms in total. The standard InChI is InChI=1S/C12H21NO2/c1-2-15-12(14)8-10-7-11-5-3-4-6-13(11)9-10/h10-11H,2-9H2,1H3. The van der Waals surface area contributed by atoms with Gasteiger partial charge >= 0.3 is 5.97 Å². The summed E-state index contributed by atoms with van der Waals surface area (Å²) < 4.78 is 5.00. The molecule has 15 heavy (non-hydrogen) atoms. The molecule has 3 heteroatoms. The van der Waals surface area contributed by atoms with E-state index in [2.05, 4.69) is 4.90 Å². The third-order valence-electron chi connectivity index (χ3n) is 3.61. The Morgan fingerprint density at radius 1 is 1.47 bits per heavy atom. The SMILES string of the molecule is CCOC(=O)CC1CC2CCCCN2C1. The van der Waals surface area contributed by atoms with Crippen LogP contribution in [-0.4, -0.2) is 36.6 Å². The maximum absolute atomic E-state index is 11.4. The van der Waals surface area contributed by atoms with Crippen molar-refractivity contribution in [2.75, 3.05) is 19.7 Å². The number of fused-ring (bicyclic) bond motifs is 1. The maximum Gasteiger partial charge on any atom is 0.306 e. The molecule has 2 saturated heterocycles. The maximum atomic E-state index is 11.4. The average Bonchev–Trinajstić information content (AvgIpc) is 2.59. The van der Waals surface area contributed by atoms with Crippen LogP contribution in [0.2, 0.25) is 0 Å². The van der Waals surface area contributed by atoms with Crippen molar-refractivity contribution in [2.45, 2.75) is 45.1 Å². The van der Waals surface area contributed by atoms with Crippen LogP contribution in [0.4, 0.5) is 0 Å². The van der Waals surface area contributed by atoms with Gasteiger partial charge in [0.1, 0.15) is 0 Å². The fraction of sp³-hybridized carbons (Fsp3) is 0.917. The van der Waals surface area contributed by atoms with Crippen LogP contribution in [0.5, 0.6) is 0 Å². The first-order valence-electron chi connectivity index (χ1n) is 6.19. The lowest BCUT2D eigenvalue weighted by Gasteiger charge is -2.28. The number of esters is 1. The molecule has 0 N–H and O–H groups in total. The molecule has 0 aliphatic carbocycles. The Hall–Kier alpha value is -0.570. The molecule has 2 atom stereocenters. The molecule has 86 valence electrons. The minimum atomic E-state index is -0.0117. The molecular formula is C12H21NO2. The molecule has 0 aromatic heterocycles. The van der Waals surface area contributed by atoms with E-state index in [1.807, 2.05) is 6.92 Å². The Kier molecular flexibility index (Phi) is 3.62. The zero-order valence-corrected chi connectivity index (χ0v) is 9.58. The van der Waals surface area contributed by atoms with E-state index in [-0.39, 0.29) is 5.97 Å². The molecule has 2 fully saturated rings. The fourth-order valence-electron chi connectivity index (χ4n) is 2.96. The summed E-state index contributed by atoms with van der Waals surface area (Å²) >= 11 is 0. The quantitative estimate of drug-likeness (QED) is 0.667. The summed E-state index contributed by atoms with van der Waals surface area (Å²) in [7, 11) is 0. The van der Waals surface area contributed by atoms with Crippen LogP contribution in [0.3, 0.4) is 0 Å². The van der Waals surface area contributed by atoms with Gasteiger partial charge in [0.25, 0.3) is 0 Å². The van der Waals surface area contributed by atoms with Gasteiger partial charge < -0.3 is 9.64 Å². The van der Waals surface area contributed by atoms with Gasteiger partial charge in [0, 0.05) is 19.0 Å². The summed E-state index contributed by atoms with van der Waals surface area (Å²) in [5.74, 6) is 0.537. The number of hydrogen-bond acceptors (Lipinski definition) is 3. The first kappa shape index (κ1) is 10.9. The summed E-state index contributed by atoms with van der Waals surface area (Å²) in [6.07, 6.45) is 5.87. The highest BCUT2D eigenvalue weighted by molar-refractivity contribution is 5.69. The van der Waals surface area contributed by atoms with Crippen LogP contribution in [-0.2, 0) is 9.53 Å². The van der Waals surface area contributed by atoms with Gasteiger partial charge in [0.2, 0.25) is 0 Å². The normalized spacial score (nSPS) is 31.3. The van der Waals surface area contributed by atoms with Gasteiger partial charge in [-0.1, -0.05) is 6.42 Å². The lowest BCUT2D eigenvalue weighted by molar-refractivity contribution is -0.144. The van der Waals surface area contributed by atoms with E-state index < -0.39 is 0 Å². The van der Waals surface area contributed by atoms with Gasteiger partial charge in [-0.25, -0.2) is 0 Å². The lowest BCUT2D eigenvalue weighted by atomic mass is 9.98. The van der Waals surface area contributed by atoms with Gasteiger partial charge in [0.05, 0.1) is 6.61 Å². The highest BCUT2D eigenvalue weighted by atomic mass is 16.5. The molecule has 0 amide bonds. The third kappa shape index (κ3) is 2.71. The van der Waals surface area contributed by atoms with Crippen molar-refractivity contribution in [3.8, 4) is 0 Å². The largest absolute Gasteiger partial charge is 0.466 e. The van der Waals surface area contributed by atoms with E-state index in [0.717, 1.165) is 12.6 Å². The number of nitrogens with zero attached hydrogens (tertiary/aromatic N) is 1. The number of ether oxygens (including phenoxy) is 1. The number of carbonyl (C=O) groups is 1. The molecule has 0 aromatic rings. The van der Waals surface area contributed by atoms with E-state index >= 15 is 0 Å². The molecule has 0 aromatic carbocycles. The van der Waals surface area contributed by atoms with Gasteiger partial charge in [0.15, 0.2) is 0 Å². The molecule has 0 saturated carbocycles. The molecule has 2 aliphatic rings. The Morgan fingerprint density at radius 3 is 3.07 bits per heavy atom. The van der Waals surface area contributed by atoms with Gasteiger partial charge in [-0.05, 0) is 38.6 Å². The minimum Gasteiger partial charge on any atom is -0.466 e. The van der Waals surface area contributed by atoms with E-state index in [1.54, 1.807) is 0 Å². The zero-order valence-electron chi connectivity index (χ0n) is 9.58. The van der Waals surface area contributed by atoms with Crippen LogP contribution in [0.25, 0.3) is 0 Å². The fourth-order valence-corrected chi connectivity index (χ4v) is 2.96. The number of carbonyl (C=O) groups excluding carboxylic acids is 1. The minimum absolute atomic E-state index is 0.0117. The van der Waals surface area contributed by atoms with E-state index in [1.165, 1.54) is 32.2 Å². The molecular weight excluding hydrogens is 190 g/mol. The van der Waals surface area contributed by atoms with Crippen molar-refractivity contribution in [2.24, 2.45) is 5.92 Å². The average molecular weight is 211 g/mol. The summed E-state index contributed by atoms with van der Waals surface area (Å²) in [4.78, 5) is 13.9. The monoisotopic (exact) mass is 211 g/mol. The van der Waals surface area contributed by atoms with Crippen LogP contribution >= 0.6 is 0 Å². The predicted octanol–water partition coefficient (Wildman–Crippen LogP) is 1.81. The molecule has 0 bridgehead atoms. The molecule has 2 unspecified atom stereocenters. The number of rotatable bonds is 3. The smallest absolute Gasteiger partial charge is 0.306 e. The van der Waals surface area contributed by atoms with Crippen molar-refractivity contribution >= 4 is 5.97 Å². The topological polar surface area (TPSA) is 29.5 Å². The highest BCUT2D eigenvalue weighted by Gasteiger charge is 2.34. The summed E-state index contributed by atoms with van der Waals surface area (Å²) in [6, 6.07) is 0.762. The Balaban J connectivity index is 1.78. The van der Waals surface area contributed by atoms with Crippen molar-refractivity contribution in [1.29, 1.82) is 0 Å². The van der Waals surface area contributed by atoms with Crippen LogP contribution < -0.4 is 0 Å². The Bertz CT molecular complexity index is 216. The van der Waals surface area contributed by atoms with Crippen molar-refractivity contribution in [1.82, 2.24) is 4.90 Å². The zero-order chi connectivity index (χ0) is 10.7. The van der Waals surface area contributed by atoms with E-state index in [9.17, 15) is 4.79 Å². The third-order valence-corrected chi connectivity index (χ3v) is 3.61. The van der Waals surface area contributed by atoms with Crippen LogP contribution in [0.1, 0.15) is 39.0 Å². The van der Waals surface area contributed by atoms with E-state index in [4.69, 9.17) is 4.74 Å². The van der Waals surface area contributed by atoms with E-state index in [0.29, 0.717) is 18.9 Å². The Labute approximate surface area is 91.8 Å². The summed E-state index contributed by atoms with van der Waals surface area (Å²) in [5.41, 5.74) is 0. The molecule has 2 aliphatic heterocycles. The predicted molar refractivity (Wildman–Crippen MR) is 58.6 cm³/mol. The second-order valence-corrected chi connectivity index (χ2v) is 4.76. The first-order valence-corrected chi connectivity index (χ1v) is 6.19. The molecule has 2 rings (SSSR count). The lowest BCUT2D eigenvalue weighted by Crippen LogP contribution is -2.34. The van der Waals surface area contributed by atoms with Crippen LogP contribution in [0.15, 0.2) is 0 Å². The first-order chi connectivity index (χ1) is 7.29. The molecule has 2 heterocycles. The second-order valence-electron chi connectivity index (χ2n) is 4.76. The summed E-state index contributed by atoms with van der Waals surface area (Å²) in [5, 5.41) is 0. The number of piperidine rings is 1. The van der Waals surface area contributed by atoms with Gasteiger partial charge in [-0.2, -0.15) is 0 Å². The summed E-state index contributed by atoms with van der Waals surface area (Å²) in [6.45, 7) is 4.74. The van der Waals surface area contributed by atoms with Crippen molar-refractivity contribution in [3.63, 3.8) is 0 Å².